The predicted molar refractivity (Wildman–Crippen MR) is 144 cm³/mol. The summed E-state index contributed by atoms with van der Waals surface area (Å²) in [5.74, 6) is 3.27. The molecular weight excluding hydrogens is 434 g/mol. The van der Waals surface area contributed by atoms with Crippen LogP contribution in [0.5, 0.6) is 0 Å². The summed E-state index contributed by atoms with van der Waals surface area (Å²) in [6.07, 6.45) is 13.5. The van der Waals surface area contributed by atoms with Crippen molar-refractivity contribution in [1.82, 2.24) is 19.8 Å². The van der Waals surface area contributed by atoms with Crippen LogP contribution in [0.2, 0.25) is 0 Å². The number of rotatable bonds is 8. The zero-order valence-corrected chi connectivity index (χ0v) is 23.0. The van der Waals surface area contributed by atoms with Crippen LogP contribution >= 0.6 is 0 Å². The Hall–Kier alpha value is -1.53. The van der Waals surface area contributed by atoms with E-state index in [2.05, 4.69) is 48.0 Å². The molecule has 6 nitrogen and oxygen atoms in total. The average molecular weight is 484 g/mol. The standard InChI is InChI=1S/C29H49N5O/c1-6-26-19-32(5)20-27(7-2)34(26)29-30-16-25(17-31-29)23-12-14-33(15-13-23)18-22-8-10-24(11-9-22)28(35)21(3)4/h16-17,21-24,26-27H,6-15,18-20H2,1-5H3. The number of carbonyl (C=O) groups excluding carboxylic acids is 1. The Morgan fingerprint density at radius 1 is 0.943 bits per heavy atom. The number of nitrogens with zero attached hydrogens (tertiary/aromatic N) is 5. The topological polar surface area (TPSA) is 52.6 Å². The number of anilines is 1. The van der Waals surface area contributed by atoms with E-state index in [1.807, 2.05) is 13.8 Å². The maximum absolute atomic E-state index is 12.3. The number of likely N-dealkylation sites (tertiary alicyclic amines) is 1. The minimum absolute atomic E-state index is 0.191. The molecule has 4 rings (SSSR count). The molecule has 1 saturated carbocycles. The summed E-state index contributed by atoms with van der Waals surface area (Å²) in [5.41, 5.74) is 1.32. The van der Waals surface area contributed by atoms with E-state index < -0.39 is 0 Å². The van der Waals surface area contributed by atoms with E-state index in [1.54, 1.807) is 0 Å². The van der Waals surface area contributed by atoms with E-state index in [0.29, 0.717) is 29.7 Å². The van der Waals surface area contributed by atoms with Gasteiger partial charge in [-0.3, -0.25) is 4.79 Å². The summed E-state index contributed by atoms with van der Waals surface area (Å²) in [6.45, 7) is 14.4. The fourth-order valence-corrected chi connectivity index (χ4v) is 6.84. The van der Waals surface area contributed by atoms with Crippen molar-refractivity contribution in [2.75, 3.05) is 44.7 Å². The highest BCUT2D eigenvalue weighted by Gasteiger charge is 2.33. The molecule has 3 fully saturated rings. The lowest BCUT2D eigenvalue weighted by molar-refractivity contribution is -0.127. The molecule has 0 bridgehead atoms. The van der Waals surface area contributed by atoms with Gasteiger partial charge in [-0.25, -0.2) is 9.97 Å². The lowest BCUT2D eigenvalue weighted by atomic mass is 9.77. The number of piperazine rings is 1. The fraction of sp³-hybridized carbons (Fsp3) is 0.828. The third-order valence-electron chi connectivity index (χ3n) is 9.06. The first-order valence-electron chi connectivity index (χ1n) is 14.4. The highest BCUT2D eigenvalue weighted by atomic mass is 16.1. The zero-order valence-electron chi connectivity index (χ0n) is 23.0. The highest BCUT2D eigenvalue weighted by Crippen LogP contribution is 2.34. The van der Waals surface area contributed by atoms with Crippen molar-refractivity contribution in [3.8, 4) is 0 Å². The number of carbonyl (C=O) groups is 1. The molecule has 2 unspecified atom stereocenters. The van der Waals surface area contributed by atoms with Crippen LogP contribution in [0.1, 0.15) is 90.5 Å². The van der Waals surface area contributed by atoms with Gasteiger partial charge in [-0.15, -0.1) is 0 Å². The number of likely N-dealkylation sites (N-methyl/N-ethyl adjacent to an activating group) is 1. The van der Waals surface area contributed by atoms with E-state index in [4.69, 9.17) is 9.97 Å². The smallest absolute Gasteiger partial charge is 0.225 e. The molecule has 0 N–H and O–H groups in total. The second kappa shape index (κ2) is 12.1. The third-order valence-corrected chi connectivity index (χ3v) is 9.06. The molecule has 0 radical (unpaired) electrons. The number of Topliss-reactive ketones (excluding diaryl/α,β-unsaturated/α-hetero) is 1. The Morgan fingerprint density at radius 2 is 1.51 bits per heavy atom. The SMILES string of the molecule is CCC1CN(C)CC(CC)N1c1ncc(C2CCN(CC3CCC(C(=O)C(C)C)CC3)CC2)cn1. The van der Waals surface area contributed by atoms with E-state index >= 15 is 0 Å². The Morgan fingerprint density at radius 3 is 2.03 bits per heavy atom. The Kier molecular flexibility index (Phi) is 9.20. The number of aromatic nitrogens is 2. The van der Waals surface area contributed by atoms with E-state index in [0.717, 1.165) is 50.6 Å². The van der Waals surface area contributed by atoms with Crippen LogP contribution in [0.4, 0.5) is 5.95 Å². The van der Waals surface area contributed by atoms with Gasteiger partial charge in [-0.1, -0.05) is 27.7 Å². The molecule has 0 aromatic carbocycles. The van der Waals surface area contributed by atoms with Gasteiger partial charge in [0.05, 0.1) is 0 Å². The van der Waals surface area contributed by atoms with Crippen LogP contribution in [0, 0.1) is 17.8 Å². The van der Waals surface area contributed by atoms with Crippen LogP contribution in [-0.2, 0) is 4.79 Å². The van der Waals surface area contributed by atoms with Crippen molar-refractivity contribution < 1.29 is 4.79 Å². The first-order chi connectivity index (χ1) is 16.9. The number of piperidine rings is 1. The maximum Gasteiger partial charge on any atom is 0.225 e. The van der Waals surface area contributed by atoms with Gasteiger partial charge in [0.1, 0.15) is 5.78 Å². The normalized spacial score (nSPS) is 29.6. The van der Waals surface area contributed by atoms with Gasteiger partial charge in [-0.2, -0.15) is 0 Å². The van der Waals surface area contributed by atoms with Crippen LogP contribution in [0.15, 0.2) is 12.4 Å². The monoisotopic (exact) mass is 483 g/mol. The lowest BCUT2D eigenvalue weighted by Gasteiger charge is -2.45. The van der Waals surface area contributed by atoms with E-state index in [9.17, 15) is 4.79 Å². The van der Waals surface area contributed by atoms with Gasteiger partial charge < -0.3 is 14.7 Å². The van der Waals surface area contributed by atoms with Crippen molar-refractivity contribution in [2.24, 2.45) is 17.8 Å². The second-order valence-electron chi connectivity index (χ2n) is 11.9. The molecular formula is C29H49N5O. The van der Waals surface area contributed by atoms with Gasteiger partial charge in [0.25, 0.3) is 0 Å². The van der Waals surface area contributed by atoms with Crippen molar-refractivity contribution >= 4 is 11.7 Å². The number of ketones is 1. The first-order valence-corrected chi connectivity index (χ1v) is 14.4. The molecule has 1 aromatic rings. The molecule has 3 aliphatic rings. The summed E-state index contributed by atoms with van der Waals surface area (Å²) in [5, 5.41) is 0. The molecule has 196 valence electrons. The summed E-state index contributed by atoms with van der Waals surface area (Å²) >= 11 is 0. The molecule has 3 heterocycles. The number of hydrogen-bond acceptors (Lipinski definition) is 6. The van der Waals surface area contributed by atoms with Crippen molar-refractivity contribution in [3.63, 3.8) is 0 Å². The Balaban J connectivity index is 1.27. The molecule has 0 amide bonds. The van der Waals surface area contributed by atoms with E-state index in [-0.39, 0.29) is 5.92 Å². The Bertz CT molecular complexity index is 782. The first kappa shape index (κ1) is 26.5. The fourth-order valence-electron chi connectivity index (χ4n) is 6.84. The Labute approximate surface area is 213 Å². The van der Waals surface area contributed by atoms with Crippen molar-refractivity contribution in [2.45, 2.75) is 97.1 Å². The summed E-state index contributed by atoms with van der Waals surface area (Å²) in [7, 11) is 2.23. The van der Waals surface area contributed by atoms with Gasteiger partial charge in [0, 0.05) is 55.9 Å². The van der Waals surface area contributed by atoms with Crippen molar-refractivity contribution in [1.29, 1.82) is 0 Å². The molecule has 6 heteroatoms. The predicted octanol–water partition coefficient (Wildman–Crippen LogP) is 5.00. The summed E-state index contributed by atoms with van der Waals surface area (Å²) in [4.78, 5) is 29.7. The third kappa shape index (κ3) is 6.43. The van der Waals surface area contributed by atoms with Gasteiger partial charge in [0.2, 0.25) is 5.95 Å². The average Bonchev–Trinajstić information content (AvgIpc) is 2.88. The van der Waals surface area contributed by atoms with Gasteiger partial charge in [-0.05, 0) is 88.9 Å². The molecule has 2 saturated heterocycles. The largest absolute Gasteiger partial charge is 0.332 e. The summed E-state index contributed by atoms with van der Waals surface area (Å²) < 4.78 is 0. The number of hydrogen-bond donors (Lipinski definition) is 0. The minimum Gasteiger partial charge on any atom is -0.332 e. The zero-order chi connectivity index (χ0) is 24.9. The maximum atomic E-state index is 12.3. The van der Waals surface area contributed by atoms with Gasteiger partial charge in [0.15, 0.2) is 0 Å². The quantitative estimate of drug-likeness (QED) is 0.519. The molecule has 1 aromatic heterocycles. The van der Waals surface area contributed by atoms with E-state index in [1.165, 1.54) is 50.9 Å². The van der Waals surface area contributed by atoms with Crippen LogP contribution < -0.4 is 4.90 Å². The van der Waals surface area contributed by atoms with Crippen LogP contribution in [-0.4, -0.2) is 77.4 Å². The highest BCUT2D eigenvalue weighted by molar-refractivity contribution is 5.82. The molecule has 0 spiro atoms. The van der Waals surface area contributed by atoms with Crippen LogP contribution in [0.3, 0.4) is 0 Å². The van der Waals surface area contributed by atoms with Gasteiger partial charge >= 0.3 is 0 Å². The van der Waals surface area contributed by atoms with Crippen LogP contribution in [0.25, 0.3) is 0 Å². The summed E-state index contributed by atoms with van der Waals surface area (Å²) in [6, 6.07) is 0.984. The molecule has 1 aliphatic carbocycles. The molecule has 35 heavy (non-hydrogen) atoms. The van der Waals surface area contributed by atoms with Crippen molar-refractivity contribution in [3.05, 3.63) is 18.0 Å². The second-order valence-corrected chi connectivity index (χ2v) is 11.9. The lowest BCUT2D eigenvalue weighted by Crippen LogP contribution is -2.58. The minimum atomic E-state index is 0.191. The molecule has 2 atom stereocenters. The molecule has 2 aliphatic heterocycles.